The summed E-state index contributed by atoms with van der Waals surface area (Å²) in [5.41, 5.74) is 0.0768. The second kappa shape index (κ2) is 7.42. The normalized spacial score (nSPS) is 23.3. The van der Waals surface area contributed by atoms with Gasteiger partial charge < -0.3 is 9.84 Å². The van der Waals surface area contributed by atoms with Gasteiger partial charge in [-0.1, -0.05) is 48.0 Å². The fraction of sp³-hybridized carbons (Fsp3) is 0.350. The number of methoxy groups -OCH3 is 1. The third kappa shape index (κ3) is 3.76. The Morgan fingerprint density at radius 3 is 2.41 bits per heavy atom. The first kappa shape index (κ1) is 19.5. The highest BCUT2D eigenvalue weighted by atomic mass is 32.2. The summed E-state index contributed by atoms with van der Waals surface area (Å²) >= 11 is 0. The lowest BCUT2D eigenvalue weighted by Crippen LogP contribution is -2.37. The zero-order chi connectivity index (χ0) is 19.7. The molecule has 0 aromatic heterocycles. The standard InChI is InChI=1S/C20H23NO5S/c1-15-8-10-18(11-9-15)27(24,25)21-13-17(12-19(22)26-2)20(23,14-21)16-6-4-3-5-7-16/h3-11,17,23H,12-14H2,1-2H3/t17-,20+/m1/s1. The summed E-state index contributed by atoms with van der Waals surface area (Å²) in [6.07, 6.45) is -0.0676. The molecule has 1 heterocycles. The van der Waals surface area contributed by atoms with Gasteiger partial charge in [0.25, 0.3) is 0 Å². The number of carbonyl (C=O) groups excluding carboxylic acids is 1. The smallest absolute Gasteiger partial charge is 0.305 e. The van der Waals surface area contributed by atoms with Crippen molar-refractivity contribution in [3.8, 4) is 0 Å². The predicted molar refractivity (Wildman–Crippen MR) is 100 cm³/mol. The molecule has 2 aromatic rings. The summed E-state index contributed by atoms with van der Waals surface area (Å²) in [7, 11) is -2.51. The van der Waals surface area contributed by atoms with E-state index < -0.39 is 27.5 Å². The first-order chi connectivity index (χ1) is 12.8. The maximum Gasteiger partial charge on any atom is 0.305 e. The second-order valence-electron chi connectivity index (χ2n) is 6.88. The zero-order valence-corrected chi connectivity index (χ0v) is 16.1. The fourth-order valence-corrected chi connectivity index (χ4v) is 4.99. The average molecular weight is 389 g/mol. The monoisotopic (exact) mass is 389 g/mol. The minimum atomic E-state index is -3.79. The van der Waals surface area contributed by atoms with Crippen molar-refractivity contribution in [2.45, 2.75) is 23.8 Å². The molecule has 0 unspecified atom stereocenters. The summed E-state index contributed by atoms with van der Waals surface area (Å²) in [4.78, 5) is 12.0. The Bertz CT molecular complexity index is 911. The summed E-state index contributed by atoms with van der Waals surface area (Å²) in [5, 5.41) is 11.4. The van der Waals surface area contributed by atoms with Gasteiger partial charge in [0.2, 0.25) is 10.0 Å². The Labute approximate surface area is 159 Å². The SMILES string of the molecule is COC(=O)C[C@@H]1CN(S(=O)(=O)c2ccc(C)cc2)C[C@]1(O)c1ccccc1. The Hall–Kier alpha value is -2.22. The minimum Gasteiger partial charge on any atom is -0.469 e. The molecule has 2 aromatic carbocycles. The van der Waals surface area contributed by atoms with Crippen molar-refractivity contribution in [3.05, 3.63) is 65.7 Å². The van der Waals surface area contributed by atoms with E-state index in [0.29, 0.717) is 5.56 Å². The van der Waals surface area contributed by atoms with E-state index in [1.54, 1.807) is 48.5 Å². The predicted octanol–water partition coefficient (Wildman–Crippen LogP) is 2.07. The number of β-amino-alcohol motifs (C(OH)–C–C–N with tert-alkyl or cyclic N) is 1. The molecule has 0 amide bonds. The Kier molecular flexibility index (Phi) is 5.37. The quantitative estimate of drug-likeness (QED) is 0.792. The van der Waals surface area contributed by atoms with Crippen molar-refractivity contribution >= 4 is 16.0 Å². The van der Waals surface area contributed by atoms with Gasteiger partial charge in [0.15, 0.2) is 0 Å². The maximum atomic E-state index is 13.1. The van der Waals surface area contributed by atoms with E-state index in [2.05, 4.69) is 0 Å². The molecule has 1 N–H and O–H groups in total. The van der Waals surface area contributed by atoms with E-state index >= 15 is 0 Å². The van der Waals surface area contributed by atoms with Crippen LogP contribution in [0, 0.1) is 12.8 Å². The highest BCUT2D eigenvalue weighted by Crippen LogP contribution is 2.41. The molecule has 27 heavy (non-hydrogen) atoms. The van der Waals surface area contributed by atoms with E-state index in [9.17, 15) is 18.3 Å². The number of ether oxygens (including phenoxy) is 1. The van der Waals surface area contributed by atoms with Crippen LogP contribution in [0.25, 0.3) is 0 Å². The van der Waals surface area contributed by atoms with Crippen molar-refractivity contribution in [1.82, 2.24) is 4.31 Å². The molecule has 3 rings (SSSR count). The molecule has 6 nitrogen and oxygen atoms in total. The average Bonchev–Trinajstić information content (AvgIpc) is 3.01. The summed E-state index contributed by atoms with van der Waals surface area (Å²) in [6, 6.07) is 15.4. The number of rotatable bonds is 5. The van der Waals surface area contributed by atoms with Gasteiger partial charge in [-0.05, 0) is 24.6 Å². The fourth-order valence-electron chi connectivity index (χ4n) is 3.47. The Morgan fingerprint density at radius 2 is 1.81 bits per heavy atom. The van der Waals surface area contributed by atoms with Gasteiger partial charge in [0.1, 0.15) is 5.60 Å². The highest BCUT2D eigenvalue weighted by Gasteiger charge is 2.50. The van der Waals surface area contributed by atoms with Crippen LogP contribution in [0.15, 0.2) is 59.5 Å². The van der Waals surface area contributed by atoms with Crippen molar-refractivity contribution < 1.29 is 23.1 Å². The summed E-state index contributed by atoms with van der Waals surface area (Å²) in [5.74, 6) is -1.09. The zero-order valence-electron chi connectivity index (χ0n) is 15.3. The highest BCUT2D eigenvalue weighted by molar-refractivity contribution is 7.89. The molecular formula is C20H23NO5S. The van der Waals surface area contributed by atoms with Crippen LogP contribution < -0.4 is 0 Å². The van der Waals surface area contributed by atoms with Gasteiger partial charge >= 0.3 is 5.97 Å². The van der Waals surface area contributed by atoms with Crippen LogP contribution in [0.5, 0.6) is 0 Å². The van der Waals surface area contributed by atoms with Gasteiger partial charge in [-0.25, -0.2) is 8.42 Å². The van der Waals surface area contributed by atoms with E-state index in [1.807, 2.05) is 13.0 Å². The molecular weight excluding hydrogens is 366 g/mol. The topological polar surface area (TPSA) is 83.9 Å². The van der Waals surface area contributed by atoms with Gasteiger partial charge in [0.05, 0.1) is 18.4 Å². The Morgan fingerprint density at radius 1 is 1.19 bits per heavy atom. The molecule has 2 atom stereocenters. The molecule has 0 radical (unpaired) electrons. The lowest BCUT2D eigenvalue weighted by molar-refractivity contribution is -0.143. The minimum absolute atomic E-state index is 0.0384. The van der Waals surface area contributed by atoms with Crippen molar-refractivity contribution in [2.75, 3.05) is 20.2 Å². The number of aliphatic hydroxyl groups is 1. The number of carbonyl (C=O) groups is 1. The molecule has 0 aliphatic carbocycles. The summed E-state index contributed by atoms with van der Waals surface area (Å²) in [6.45, 7) is 1.80. The third-order valence-electron chi connectivity index (χ3n) is 5.09. The molecule has 0 spiro atoms. The van der Waals surface area contributed by atoms with Gasteiger partial charge in [0, 0.05) is 19.0 Å². The van der Waals surface area contributed by atoms with E-state index in [0.717, 1.165) is 5.56 Å². The van der Waals surface area contributed by atoms with Crippen LogP contribution in [0.2, 0.25) is 0 Å². The number of benzene rings is 2. The lowest BCUT2D eigenvalue weighted by Gasteiger charge is -2.29. The van der Waals surface area contributed by atoms with E-state index in [4.69, 9.17) is 4.74 Å². The molecule has 1 fully saturated rings. The first-order valence-electron chi connectivity index (χ1n) is 8.69. The van der Waals surface area contributed by atoms with Gasteiger partial charge in [-0.3, -0.25) is 4.79 Å². The van der Waals surface area contributed by atoms with Crippen LogP contribution in [0.4, 0.5) is 0 Å². The first-order valence-corrected chi connectivity index (χ1v) is 10.1. The number of nitrogens with zero attached hydrogens (tertiary/aromatic N) is 1. The number of sulfonamides is 1. The van der Waals surface area contributed by atoms with Gasteiger partial charge in [-0.2, -0.15) is 4.31 Å². The molecule has 1 aliphatic rings. The second-order valence-corrected chi connectivity index (χ2v) is 8.82. The van der Waals surface area contributed by atoms with Gasteiger partial charge in [-0.15, -0.1) is 0 Å². The third-order valence-corrected chi connectivity index (χ3v) is 6.92. The Balaban J connectivity index is 1.97. The van der Waals surface area contributed by atoms with Crippen LogP contribution in [0.1, 0.15) is 17.5 Å². The van der Waals surface area contributed by atoms with Crippen LogP contribution >= 0.6 is 0 Å². The molecule has 144 valence electrons. The number of hydrogen-bond acceptors (Lipinski definition) is 5. The van der Waals surface area contributed by atoms with Crippen LogP contribution in [-0.2, 0) is 25.2 Å². The van der Waals surface area contributed by atoms with Crippen molar-refractivity contribution in [2.24, 2.45) is 5.92 Å². The largest absolute Gasteiger partial charge is 0.469 e. The number of esters is 1. The van der Waals surface area contributed by atoms with Crippen LogP contribution in [-0.4, -0.2) is 44.0 Å². The number of hydrogen-bond donors (Lipinski definition) is 1. The molecule has 1 aliphatic heterocycles. The lowest BCUT2D eigenvalue weighted by atomic mass is 9.82. The van der Waals surface area contributed by atoms with Crippen molar-refractivity contribution in [3.63, 3.8) is 0 Å². The summed E-state index contributed by atoms with van der Waals surface area (Å²) < 4.78 is 32.1. The molecule has 0 bridgehead atoms. The van der Waals surface area contributed by atoms with Crippen molar-refractivity contribution in [1.29, 1.82) is 0 Å². The van der Waals surface area contributed by atoms with Crippen LogP contribution in [0.3, 0.4) is 0 Å². The molecule has 0 saturated carbocycles. The molecule has 7 heteroatoms. The number of aryl methyl sites for hydroxylation is 1. The molecule has 1 saturated heterocycles. The van der Waals surface area contributed by atoms with E-state index in [-0.39, 0.29) is 24.4 Å². The maximum absolute atomic E-state index is 13.1. The van der Waals surface area contributed by atoms with E-state index in [1.165, 1.54) is 11.4 Å².